The van der Waals surface area contributed by atoms with E-state index >= 15 is 0 Å². The molecule has 0 unspecified atom stereocenters. The minimum atomic E-state index is -0.0978. The first-order chi connectivity index (χ1) is 12.6. The van der Waals surface area contributed by atoms with Crippen LogP contribution in [0.25, 0.3) is 10.9 Å². The van der Waals surface area contributed by atoms with Gasteiger partial charge in [-0.15, -0.1) is 0 Å². The number of hydrogen-bond acceptors (Lipinski definition) is 4. The molecule has 0 fully saturated rings. The summed E-state index contributed by atoms with van der Waals surface area (Å²) in [5, 5.41) is 23.9. The third kappa shape index (κ3) is 2.55. The van der Waals surface area contributed by atoms with E-state index in [0.717, 1.165) is 22.3 Å². The van der Waals surface area contributed by atoms with E-state index in [4.69, 9.17) is 0 Å². The number of benzene rings is 1. The van der Waals surface area contributed by atoms with E-state index in [0.29, 0.717) is 30.9 Å². The van der Waals surface area contributed by atoms with Gasteiger partial charge in [0.2, 0.25) is 5.91 Å². The van der Waals surface area contributed by atoms with Crippen LogP contribution in [0.1, 0.15) is 22.6 Å². The molecule has 1 N–H and O–H groups in total. The number of aliphatic hydroxyl groups is 1. The quantitative estimate of drug-likeness (QED) is 0.777. The molecule has 0 aliphatic carbocycles. The molecule has 0 saturated heterocycles. The number of aromatic nitrogens is 3. The Kier molecular flexibility index (Phi) is 3.98. The van der Waals surface area contributed by atoms with Gasteiger partial charge in [0.1, 0.15) is 12.6 Å². The van der Waals surface area contributed by atoms with E-state index in [2.05, 4.69) is 11.2 Å². The van der Waals surface area contributed by atoms with Crippen molar-refractivity contribution in [2.75, 3.05) is 6.54 Å². The molecule has 3 heterocycles. The fourth-order valence-electron chi connectivity index (χ4n) is 3.63. The van der Waals surface area contributed by atoms with Crippen molar-refractivity contribution in [3.05, 3.63) is 53.0 Å². The van der Waals surface area contributed by atoms with Crippen LogP contribution in [0.3, 0.4) is 0 Å². The van der Waals surface area contributed by atoms with Crippen molar-refractivity contribution in [3.63, 3.8) is 0 Å². The number of rotatable bonds is 3. The third-order valence-corrected chi connectivity index (χ3v) is 5.00. The molecule has 1 amide bonds. The Balaban J connectivity index is 1.61. The Labute approximate surface area is 150 Å². The van der Waals surface area contributed by atoms with Gasteiger partial charge in [-0.2, -0.15) is 10.4 Å². The summed E-state index contributed by atoms with van der Waals surface area (Å²) in [6.45, 7) is 3.67. The van der Waals surface area contributed by atoms with Gasteiger partial charge in [0.25, 0.3) is 0 Å². The minimum absolute atomic E-state index is 0.0105. The first-order valence-electron chi connectivity index (χ1n) is 8.54. The van der Waals surface area contributed by atoms with E-state index in [1.54, 1.807) is 4.90 Å². The predicted octanol–water partition coefficient (Wildman–Crippen LogP) is 1.55. The summed E-state index contributed by atoms with van der Waals surface area (Å²) in [5.74, 6) is 0.0105. The summed E-state index contributed by atoms with van der Waals surface area (Å²) in [5.41, 5.74) is 3.89. The van der Waals surface area contributed by atoms with E-state index in [-0.39, 0.29) is 19.1 Å². The van der Waals surface area contributed by atoms with Crippen LogP contribution in [0.2, 0.25) is 0 Å². The monoisotopic (exact) mass is 349 g/mol. The van der Waals surface area contributed by atoms with Crippen LogP contribution in [0.15, 0.2) is 30.3 Å². The number of hydrogen-bond donors (Lipinski definition) is 1. The molecule has 3 aromatic rings. The largest absolute Gasteiger partial charge is 0.390 e. The van der Waals surface area contributed by atoms with Crippen molar-refractivity contribution in [3.8, 4) is 6.07 Å². The van der Waals surface area contributed by atoms with Gasteiger partial charge in [-0.3, -0.25) is 9.48 Å². The zero-order valence-electron chi connectivity index (χ0n) is 14.5. The number of carbonyl (C=O) groups excluding carboxylic acids is 1. The molecule has 2 aromatic heterocycles. The number of amides is 1. The van der Waals surface area contributed by atoms with Crippen molar-refractivity contribution in [2.24, 2.45) is 0 Å². The summed E-state index contributed by atoms with van der Waals surface area (Å²) in [7, 11) is 0. The van der Waals surface area contributed by atoms with E-state index in [1.165, 1.54) is 0 Å². The molecule has 7 nitrogen and oxygen atoms in total. The molecular formula is C19H19N5O2. The van der Waals surface area contributed by atoms with Crippen LogP contribution in [-0.2, 0) is 31.0 Å². The normalized spacial score (nSPS) is 13.7. The number of nitriles is 1. The summed E-state index contributed by atoms with van der Waals surface area (Å²) in [6.07, 6.45) is 0. The van der Waals surface area contributed by atoms with Crippen molar-refractivity contribution >= 4 is 16.8 Å². The third-order valence-electron chi connectivity index (χ3n) is 5.00. The fourth-order valence-corrected chi connectivity index (χ4v) is 3.63. The first-order valence-corrected chi connectivity index (χ1v) is 8.54. The lowest BCUT2D eigenvalue weighted by molar-refractivity contribution is -0.133. The second-order valence-corrected chi connectivity index (χ2v) is 6.50. The Bertz CT molecular complexity index is 1040. The lowest BCUT2D eigenvalue weighted by atomic mass is 10.1. The Hall–Kier alpha value is -3.11. The predicted molar refractivity (Wildman–Crippen MR) is 95.0 cm³/mol. The van der Waals surface area contributed by atoms with Crippen LogP contribution in [0, 0.1) is 18.3 Å². The molecule has 0 bridgehead atoms. The second-order valence-electron chi connectivity index (χ2n) is 6.50. The molecule has 4 rings (SSSR count). The van der Waals surface area contributed by atoms with Crippen LogP contribution < -0.4 is 0 Å². The second kappa shape index (κ2) is 6.32. The van der Waals surface area contributed by atoms with Crippen LogP contribution >= 0.6 is 0 Å². The highest BCUT2D eigenvalue weighted by molar-refractivity contribution is 5.89. The van der Waals surface area contributed by atoms with Gasteiger partial charge >= 0.3 is 0 Å². The number of para-hydroxylation sites is 1. The first kappa shape index (κ1) is 16.4. The van der Waals surface area contributed by atoms with Crippen molar-refractivity contribution in [1.82, 2.24) is 19.2 Å². The number of fused-ring (bicyclic) bond motifs is 2. The van der Waals surface area contributed by atoms with Gasteiger partial charge < -0.3 is 14.6 Å². The zero-order valence-corrected chi connectivity index (χ0v) is 14.5. The minimum Gasteiger partial charge on any atom is -0.390 e. The topological polar surface area (TPSA) is 87.1 Å². The van der Waals surface area contributed by atoms with Gasteiger partial charge in [-0.1, -0.05) is 18.2 Å². The number of carbonyl (C=O) groups is 1. The highest BCUT2D eigenvalue weighted by Crippen LogP contribution is 2.25. The smallest absolute Gasteiger partial charge is 0.242 e. The Morgan fingerprint density at radius 1 is 1.35 bits per heavy atom. The van der Waals surface area contributed by atoms with E-state index < -0.39 is 0 Å². The molecule has 7 heteroatoms. The highest BCUT2D eigenvalue weighted by atomic mass is 16.3. The van der Waals surface area contributed by atoms with E-state index in [1.807, 2.05) is 46.5 Å². The lowest BCUT2D eigenvalue weighted by Crippen LogP contribution is -2.40. The van der Waals surface area contributed by atoms with Gasteiger partial charge in [0.15, 0.2) is 0 Å². The number of nitrogens with zero attached hydrogens (tertiary/aromatic N) is 5. The SMILES string of the molecule is Cc1c(C#N)c2ccccc2n1CC(=O)N1CCn2nc(CO)cc2C1. The molecule has 1 aliphatic rings. The molecule has 132 valence electrons. The molecular weight excluding hydrogens is 330 g/mol. The zero-order chi connectivity index (χ0) is 18.3. The van der Waals surface area contributed by atoms with Crippen LogP contribution in [0.4, 0.5) is 0 Å². The summed E-state index contributed by atoms with van der Waals surface area (Å²) < 4.78 is 3.76. The average molecular weight is 349 g/mol. The Morgan fingerprint density at radius 2 is 2.15 bits per heavy atom. The van der Waals surface area contributed by atoms with Crippen molar-refractivity contribution in [2.45, 2.75) is 33.2 Å². The highest BCUT2D eigenvalue weighted by Gasteiger charge is 2.24. The maximum Gasteiger partial charge on any atom is 0.242 e. The van der Waals surface area contributed by atoms with E-state index in [9.17, 15) is 15.2 Å². The molecule has 26 heavy (non-hydrogen) atoms. The summed E-state index contributed by atoms with van der Waals surface area (Å²) in [6, 6.07) is 11.8. The van der Waals surface area contributed by atoms with Gasteiger partial charge in [-0.25, -0.2) is 0 Å². The maximum absolute atomic E-state index is 12.9. The lowest BCUT2D eigenvalue weighted by Gasteiger charge is -2.28. The maximum atomic E-state index is 12.9. The van der Waals surface area contributed by atoms with Gasteiger partial charge in [0, 0.05) is 17.6 Å². The summed E-state index contributed by atoms with van der Waals surface area (Å²) in [4.78, 5) is 14.7. The average Bonchev–Trinajstić information content (AvgIpc) is 3.20. The molecule has 1 aliphatic heterocycles. The van der Waals surface area contributed by atoms with Gasteiger partial charge in [-0.05, 0) is 19.1 Å². The Morgan fingerprint density at radius 3 is 2.92 bits per heavy atom. The molecule has 0 spiro atoms. The molecule has 0 saturated carbocycles. The van der Waals surface area contributed by atoms with Crippen molar-refractivity contribution in [1.29, 1.82) is 5.26 Å². The van der Waals surface area contributed by atoms with Crippen molar-refractivity contribution < 1.29 is 9.90 Å². The fraction of sp³-hybridized carbons (Fsp3) is 0.316. The summed E-state index contributed by atoms with van der Waals surface area (Å²) >= 11 is 0. The number of aliphatic hydroxyl groups excluding tert-OH is 1. The van der Waals surface area contributed by atoms with Gasteiger partial charge in [0.05, 0.1) is 42.2 Å². The molecule has 0 atom stereocenters. The standard InChI is InChI=1S/C19H19N5O2/c1-13-17(9-20)16-4-2-3-5-18(16)23(13)11-19(26)22-6-7-24-15(10-22)8-14(12-25)21-24/h2-5,8,25H,6-7,10-12H2,1H3. The van der Waals surface area contributed by atoms with Crippen LogP contribution in [0.5, 0.6) is 0 Å². The van der Waals surface area contributed by atoms with Crippen LogP contribution in [-0.4, -0.2) is 36.8 Å². The molecule has 1 aromatic carbocycles. The molecule has 0 radical (unpaired) electrons.